The van der Waals surface area contributed by atoms with Crippen molar-refractivity contribution in [3.8, 4) is 5.75 Å². The smallest absolute Gasteiger partial charge is 0.123 e. The maximum atomic E-state index is 10.5. The monoisotopic (exact) mass is 288 g/mol. The van der Waals surface area contributed by atoms with Crippen molar-refractivity contribution in [2.75, 3.05) is 0 Å². The van der Waals surface area contributed by atoms with Crippen LogP contribution in [0, 0.1) is 6.92 Å². The molecule has 0 saturated heterocycles. The molecule has 0 aromatic heterocycles. The molecule has 0 spiro atoms. The Morgan fingerprint density at radius 2 is 1.90 bits per heavy atom. The number of aliphatic hydroxyl groups is 1. The highest BCUT2D eigenvalue weighted by Gasteiger charge is 2.21. The van der Waals surface area contributed by atoms with Gasteiger partial charge >= 0.3 is 0 Å². The first kappa shape index (κ1) is 13.5. The molecule has 2 atom stereocenters. The highest BCUT2D eigenvalue weighted by atomic mass is 35.5. The van der Waals surface area contributed by atoms with Crippen molar-refractivity contribution in [1.29, 1.82) is 0 Å². The first-order chi connectivity index (χ1) is 9.54. The predicted octanol–water partition coefficient (Wildman–Crippen LogP) is 4.05. The summed E-state index contributed by atoms with van der Waals surface area (Å²) in [6, 6.07) is 11.5. The van der Waals surface area contributed by atoms with E-state index in [9.17, 15) is 5.11 Å². The zero-order valence-corrected chi connectivity index (χ0v) is 12.3. The van der Waals surface area contributed by atoms with Gasteiger partial charge in [0.1, 0.15) is 18.0 Å². The lowest BCUT2D eigenvalue weighted by Crippen LogP contribution is -2.05. The molecule has 0 radical (unpaired) electrons. The Morgan fingerprint density at radius 1 is 1.20 bits per heavy atom. The highest BCUT2D eigenvalue weighted by molar-refractivity contribution is 6.31. The number of ether oxygens (including phenoxy) is 1. The lowest BCUT2D eigenvalue weighted by molar-refractivity contribution is 0.220. The van der Waals surface area contributed by atoms with Crippen LogP contribution >= 0.6 is 11.6 Å². The summed E-state index contributed by atoms with van der Waals surface area (Å²) in [4.78, 5) is 0. The van der Waals surface area contributed by atoms with Gasteiger partial charge in [-0.2, -0.15) is 0 Å². The standard InChI is InChI=1S/C17H17ClO2/c1-10-7-12(3-5-15(10)18)17(19)13-4-6-16-14(9-13)8-11(2)20-16/h3-7,9,11,17,19H,8H2,1-2H3. The van der Waals surface area contributed by atoms with Gasteiger partial charge in [-0.3, -0.25) is 0 Å². The second-order valence-electron chi connectivity index (χ2n) is 5.41. The quantitative estimate of drug-likeness (QED) is 0.903. The zero-order valence-electron chi connectivity index (χ0n) is 11.6. The molecule has 20 heavy (non-hydrogen) atoms. The fourth-order valence-corrected chi connectivity index (χ4v) is 2.76. The Kier molecular flexibility index (Phi) is 3.45. The molecule has 0 bridgehead atoms. The van der Waals surface area contributed by atoms with Crippen LogP contribution in [0.4, 0.5) is 0 Å². The Labute approximate surface area is 124 Å². The van der Waals surface area contributed by atoms with Crippen LogP contribution in [0.5, 0.6) is 5.75 Å². The van der Waals surface area contributed by atoms with Crippen LogP contribution in [0.25, 0.3) is 0 Å². The lowest BCUT2D eigenvalue weighted by Gasteiger charge is -2.13. The van der Waals surface area contributed by atoms with Crippen LogP contribution in [0.1, 0.15) is 35.3 Å². The van der Waals surface area contributed by atoms with Crippen molar-refractivity contribution in [3.05, 3.63) is 63.7 Å². The molecule has 2 unspecified atom stereocenters. The summed E-state index contributed by atoms with van der Waals surface area (Å²) in [5.74, 6) is 0.931. The second-order valence-corrected chi connectivity index (χ2v) is 5.82. The van der Waals surface area contributed by atoms with E-state index in [0.29, 0.717) is 0 Å². The van der Waals surface area contributed by atoms with E-state index >= 15 is 0 Å². The lowest BCUT2D eigenvalue weighted by atomic mass is 9.97. The average Bonchev–Trinajstić information content (AvgIpc) is 2.80. The molecule has 2 aromatic carbocycles. The highest BCUT2D eigenvalue weighted by Crippen LogP contribution is 2.33. The summed E-state index contributed by atoms with van der Waals surface area (Å²) in [7, 11) is 0. The van der Waals surface area contributed by atoms with E-state index in [-0.39, 0.29) is 6.10 Å². The van der Waals surface area contributed by atoms with Crippen LogP contribution in [0.2, 0.25) is 5.02 Å². The van der Waals surface area contributed by atoms with Gasteiger partial charge in [0.2, 0.25) is 0 Å². The third kappa shape index (κ3) is 2.41. The summed E-state index contributed by atoms with van der Waals surface area (Å²) in [5.41, 5.74) is 3.89. The summed E-state index contributed by atoms with van der Waals surface area (Å²) in [6.07, 6.45) is 0.484. The van der Waals surface area contributed by atoms with Gasteiger partial charge in [0.05, 0.1) is 0 Å². The normalized spacial score (nSPS) is 18.5. The van der Waals surface area contributed by atoms with Crippen LogP contribution in [-0.2, 0) is 6.42 Å². The van der Waals surface area contributed by atoms with E-state index in [1.165, 1.54) is 5.56 Å². The van der Waals surface area contributed by atoms with Crippen molar-refractivity contribution < 1.29 is 9.84 Å². The second kappa shape index (κ2) is 5.12. The Bertz CT molecular complexity index is 651. The van der Waals surface area contributed by atoms with Gasteiger partial charge in [0.25, 0.3) is 0 Å². The van der Waals surface area contributed by atoms with Crippen molar-refractivity contribution in [2.24, 2.45) is 0 Å². The fraction of sp³-hybridized carbons (Fsp3) is 0.294. The van der Waals surface area contributed by atoms with Crippen molar-refractivity contribution >= 4 is 11.6 Å². The molecule has 3 rings (SSSR count). The molecule has 0 saturated carbocycles. The van der Waals surface area contributed by atoms with Gasteiger partial charge in [-0.05, 0) is 54.3 Å². The molecular formula is C17H17ClO2. The Balaban J connectivity index is 1.93. The Morgan fingerprint density at radius 3 is 2.65 bits per heavy atom. The number of rotatable bonds is 2. The molecule has 1 heterocycles. The van der Waals surface area contributed by atoms with Gasteiger partial charge in [-0.1, -0.05) is 29.8 Å². The van der Waals surface area contributed by atoms with E-state index < -0.39 is 6.10 Å². The number of fused-ring (bicyclic) bond motifs is 1. The number of aliphatic hydroxyl groups excluding tert-OH is 1. The summed E-state index contributed by atoms with van der Waals surface area (Å²) in [6.45, 7) is 4.00. The zero-order chi connectivity index (χ0) is 14.3. The molecule has 0 aliphatic carbocycles. The van der Waals surface area contributed by atoms with Gasteiger partial charge in [0, 0.05) is 11.4 Å². The van der Waals surface area contributed by atoms with Gasteiger partial charge in [0.15, 0.2) is 0 Å². The van der Waals surface area contributed by atoms with Gasteiger partial charge < -0.3 is 9.84 Å². The number of aryl methyl sites for hydroxylation is 1. The molecule has 3 heteroatoms. The molecule has 2 aromatic rings. The number of hydrogen-bond acceptors (Lipinski definition) is 2. The van der Waals surface area contributed by atoms with Crippen LogP contribution in [0.15, 0.2) is 36.4 Å². The van der Waals surface area contributed by atoms with E-state index in [0.717, 1.165) is 33.9 Å². The minimum absolute atomic E-state index is 0.218. The largest absolute Gasteiger partial charge is 0.490 e. The third-order valence-corrected chi connectivity index (χ3v) is 4.16. The molecule has 104 valence electrons. The fourth-order valence-electron chi connectivity index (χ4n) is 2.64. The molecule has 1 N–H and O–H groups in total. The molecule has 1 aliphatic heterocycles. The minimum atomic E-state index is -0.632. The number of benzene rings is 2. The SMILES string of the molecule is Cc1cc(C(O)c2ccc3c(c2)CC(C)O3)ccc1Cl. The van der Waals surface area contributed by atoms with E-state index in [2.05, 4.69) is 6.92 Å². The van der Waals surface area contributed by atoms with Gasteiger partial charge in [-0.15, -0.1) is 0 Å². The molecule has 0 amide bonds. The van der Waals surface area contributed by atoms with Gasteiger partial charge in [-0.25, -0.2) is 0 Å². The average molecular weight is 289 g/mol. The maximum absolute atomic E-state index is 10.5. The Hall–Kier alpha value is -1.51. The van der Waals surface area contributed by atoms with Crippen molar-refractivity contribution in [3.63, 3.8) is 0 Å². The van der Waals surface area contributed by atoms with Crippen molar-refractivity contribution in [2.45, 2.75) is 32.5 Å². The van der Waals surface area contributed by atoms with E-state index in [4.69, 9.17) is 16.3 Å². The first-order valence-corrected chi connectivity index (χ1v) is 7.16. The predicted molar refractivity (Wildman–Crippen MR) is 80.5 cm³/mol. The molecule has 2 nitrogen and oxygen atoms in total. The summed E-state index contributed by atoms with van der Waals surface area (Å²) < 4.78 is 5.68. The topological polar surface area (TPSA) is 29.5 Å². The minimum Gasteiger partial charge on any atom is -0.490 e. The number of halogens is 1. The van der Waals surface area contributed by atoms with E-state index in [1.54, 1.807) is 0 Å². The van der Waals surface area contributed by atoms with Crippen LogP contribution in [0.3, 0.4) is 0 Å². The van der Waals surface area contributed by atoms with Crippen LogP contribution < -0.4 is 4.74 Å². The van der Waals surface area contributed by atoms with Crippen LogP contribution in [-0.4, -0.2) is 11.2 Å². The maximum Gasteiger partial charge on any atom is 0.123 e. The van der Waals surface area contributed by atoms with Crippen molar-refractivity contribution in [1.82, 2.24) is 0 Å². The first-order valence-electron chi connectivity index (χ1n) is 6.78. The third-order valence-electron chi connectivity index (χ3n) is 3.73. The molecule has 1 aliphatic rings. The van der Waals surface area contributed by atoms with E-state index in [1.807, 2.05) is 43.3 Å². The summed E-state index contributed by atoms with van der Waals surface area (Å²) >= 11 is 6.03. The molecule has 0 fully saturated rings. The molecular weight excluding hydrogens is 272 g/mol. The number of hydrogen-bond donors (Lipinski definition) is 1. The summed E-state index contributed by atoms with van der Waals surface area (Å²) in [5, 5.41) is 11.2.